The normalized spacial score (nSPS) is 18.0. The fourth-order valence-corrected chi connectivity index (χ4v) is 3.37. The van der Waals surface area contributed by atoms with E-state index in [4.69, 9.17) is 0 Å². The smallest absolute Gasteiger partial charge is 0.0450 e. The van der Waals surface area contributed by atoms with E-state index < -0.39 is 0 Å². The third-order valence-corrected chi connectivity index (χ3v) is 4.56. The van der Waals surface area contributed by atoms with Crippen molar-refractivity contribution in [2.75, 3.05) is 11.4 Å². The van der Waals surface area contributed by atoms with E-state index in [0.717, 1.165) is 6.54 Å². The molecule has 0 radical (unpaired) electrons. The SMILES string of the molecule is C=CC=C1N(CCCCCCC)c2ccccc2C1(C)C. The molecule has 1 aliphatic heterocycles. The molecule has 1 aromatic rings. The van der Waals surface area contributed by atoms with Gasteiger partial charge in [-0.3, -0.25) is 0 Å². The van der Waals surface area contributed by atoms with E-state index in [1.54, 1.807) is 0 Å². The predicted octanol–water partition coefficient (Wildman–Crippen LogP) is 5.82. The lowest BCUT2D eigenvalue weighted by Gasteiger charge is -2.27. The van der Waals surface area contributed by atoms with Crippen LogP contribution in [-0.4, -0.2) is 6.54 Å². The van der Waals surface area contributed by atoms with Gasteiger partial charge in [0.25, 0.3) is 0 Å². The van der Waals surface area contributed by atoms with Crippen LogP contribution >= 0.6 is 0 Å². The fraction of sp³-hybridized carbons (Fsp3) is 0.500. The minimum Gasteiger partial charge on any atom is -0.344 e. The summed E-state index contributed by atoms with van der Waals surface area (Å²) < 4.78 is 0. The molecule has 0 aliphatic carbocycles. The Labute approximate surface area is 130 Å². The molecule has 0 saturated heterocycles. The molecule has 0 saturated carbocycles. The van der Waals surface area contributed by atoms with Gasteiger partial charge in [0.05, 0.1) is 0 Å². The predicted molar refractivity (Wildman–Crippen MR) is 93.9 cm³/mol. The topological polar surface area (TPSA) is 3.24 Å². The van der Waals surface area contributed by atoms with Crippen LogP contribution in [0.25, 0.3) is 0 Å². The van der Waals surface area contributed by atoms with E-state index in [2.05, 4.69) is 62.6 Å². The number of benzene rings is 1. The highest BCUT2D eigenvalue weighted by Gasteiger charge is 2.38. The van der Waals surface area contributed by atoms with Crippen LogP contribution in [0.4, 0.5) is 5.69 Å². The number of nitrogens with zero attached hydrogens (tertiary/aromatic N) is 1. The molecule has 0 amide bonds. The van der Waals surface area contributed by atoms with Gasteiger partial charge in [-0.1, -0.05) is 77.3 Å². The first-order valence-corrected chi connectivity index (χ1v) is 8.33. The molecule has 114 valence electrons. The first kappa shape index (κ1) is 15.9. The van der Waals surface area contributed by atoms with Crippen molar-refractivity contribution < 1.29 is 0 Å². The molecule has 0 spiro atoms. The molecule has 1 nitrogen and oxygen atoms in total. The Morgan fingerprint density at radius 2 is 1.81 bits per heavy atom. The molecule has 0 aromatic heterocycles. The molecular formula is C20H29N. The van der Waals surface area contributed by atoms with Crippen molar-refractivity contribution in [2.24, 2.45) is 0 Å². The number of fused-ring (bicyclic) bond motifs is 1. The molecule has 2 rings (SSSR count). The second-order valence-corrected chi connectivity index (χ2v) is 6.50. The lowest BCUT2D eigenvalue weighted by molar-refractivity contribution is 0.603. The fourth-order valence-electron chi connectivity index (χ4n) is 3.37. The molecule has 1 aromatic carbocycles. The number of hydrogen-bond donors (Lipinski definition) is 0. The van der Waals surface area contributed by atoms with Gasteiger partial charge in [0.1, 0.15) is 0 Å². The summed E-state index contributed by atoms with van der Waals surface area (Å²) in [6, 6.07) is 8.82. The lowest BCUT2D eigenvalue weighted by Crippen LogP contribution is -2.27. The van der Waals surface area contributed by atoms with Crippen molar-refractivity contribution in [1.82, 2.24) is 0 Å². The van der Waals surface area contributed by atoms with E-state index in [1.807, 2.05) is 6.08 Å². The summed E-state index contributed by atoms with van der Waals surface area (Å²) in [5.74, 6) is 0. The monoisotopic (exact) mass is 283 g/mol. The molecule has 0 fully saturated rings. The number of hydrogen-bond acceptors (Lipinski definition) is 1. The summed E-state index contributed by atoms with van der Waals surface area (Å²) in [4.78, 5) is 2.50. The Hall–Kier alpha value is -1.50. The van der Waals surface area contributed by atoms with E-state index in [1.165, 1.54) is 49.1 Å². The van der Waals surface area contributed by atoms with E-state index in [9.17, 15) is 0 Å². The third kappa shape index (κ3) is 3.23. The zero-order valence-corrected chi connectivity index (χ0v) is 13.9. The first-order valence-electron chi connectivity index (χ1n) is 8.33. The minimum absolute atomic E-state index is 0.0776. The van der Waals surface area contributed by atoms with Gasteiger partial charge in [-0.05, 0) is 24.1 Å². The van der Waals surface area contributed by atoms with Crippen LogP contribution in [0.2, 0.25) is 0 Å². The lowest BCUT2D eigenvalue weighted by atomic mass is 9.84. The van der Waals surface area contributed by atoms with Gasteiger partial charge in [-0.2, -0.15) is 0 Å². The Balaban J connectivity index is 2.17. The second-order valence-electron chi connectivity index (χ2n) is 6.50. The van der Waals surface area contributed by atoms with Crippen LogP contribution in [0.15, 0.2) is 48.7 Å². The highest BCUT2D eigenvalue weighted by atomic mass is 15.2. The number of allylic oxidation sites excluding steroid dienone is 3. The largest absolute Gasteiger partial charge is 0.344 e. The molecule has 1 aliphatic rings. The summed E-state index contributed by atoms with van der Waals surface area (Å²) >= 11 is 0. The van der Waals surface area contributed by atoms with E-state index in [-0.39, 0.29) is 5.41 Å². The summed E-state index contributed by atoms with van der Waals surface area (Å²) in [6.07, 6.45) is 10.7. The van der Waals surface area contributed by atoms with Gasteiger partial charge in [-0.25, -0.2) is 0 Å². The highest BCUT2D eigenvalue weighted by Crippen LogP contribution is 2.47. The Kier molecular flexibility index (Phi) is 5.27. The van der Waals surface area contributed by atoms with Crippen LogP contribution in [-0.2, 0) is 5.41 Å². The van der Waals surface area contributed by atoms with Gasteiger partial charge in [0.15, 0.2) is 0 Å². The van der Waals surface area contributed by atoms with Crippen molar-refractivity contribution in [3.05, 3.63) is 54.3 Å². The molecule has 0 N–H and O–H groups in total. The van der Waals surface area contributed by atoms with E-state index in [0.29, 0.717) is 0 Å². The zero-order chi connectivity index (χ0) is 15.3. The van der Waals surface area contributed by atoms with Crippen molar-refractivity contribution in [3.8, 4) is 0 Å². The third-order valence-electron chi connectivity index (χ3n) is 4.56. The maximum Gasteiger partial charge on any atom is 0.0450 e. The quantitative estimate of drug-likeness (QED) is 0.569. The van der Waals surface area contributed by atoms with Crippen molar-refractivity contribution >= 4 is 5.69 Å². The second kappa shape index (κ2) is 6.98. The minimum atomic E-state index is 0.0776. The highest BCUT2D eigenvalue weighted by molar-refractivity contribution is 5.70. The summed E-state index contributed by atoms with van der Waals surface area (Å²) in [5.41, 5.74) is 4.28. The number of para-hydroxylation sites is 1. The maximum absolute atomic E-state index is 3.90. The molecule has 1 heteroatoms. The Morgan fingerprint density at radius 3 is 2.52 bits per heavy atom. The van der Waals surface area contributed by atoms with Crippen LogP contribution < -0.4 is 4.90 Å². The Bertz CT molecular complexity index is 510. The molecule has 1 heterocycles. The summed E-state index contributed by atoms with van der Waals surface area (Å²) in [7, 11) is 0. The standard InChI is InChI=1S/C20H29N/c1-5-7-8-9-12-16-21-18-15-11-10-14-17(18)20(3,4)19(21)13-6-2/h6,10-11,13-15H,2,5,7-9,12,16H2,1,3-4H3. The zero-order valence-electron chi connectivity index (χ0n) is 13.9. The van der Waals surface area contributed by atoms with Crippen LogP contribution in [0, 0.1) is 0 Å². The van der Waals surface area contributed by atoms with Crippen LogP contribution in [0.1, 0.15) is 58.4 Å². The van der Waals surface area contributed by atoms with Crippen molar-refractivity contribution in [3.63, 3.8) is 0 Å². The van der Waals surface area contributed by atoms with Gasteiger partial charge >= 0.3 is 0 Å². The number of rotatable bonds is 7. The van der Waals surface area contributed by atoms with Crippen molar-refractivity contribution in [2.45, 2.75) is 58.3 Å². The molecular weight excluding hydrogens is 254 g/mol. The molecule has 0 unspecified atom stereocenters. The number of anilines is 1. The van der Waals surface area contributed by atoms with Gasteiger partial charge < -0.3 is 4.90 Å². The summed E-state index contributed by atoms with van der Waals surface area (Å²) in [6.45, 7) is 11.9. The Morgan fingerprint density at radius 1 is 1.10 bits per heavy atom. The van der Waals surface area contributed by atoms with Crippen molar-refractivity contribution in [1.29, 1.82) is 0 Å². The summed E-state index contributed by atoms with van der Waals surface area (Å²) in [5, 5.41) is 0. The van der Waals surface area contributed by atoms with Gasteiger partial charge in [0, 0.05) is 23.3 Å². The molecule has 0 bridgehead atoms. The average molecular weight is 283 g/mol. The molecule has 0 atom stereocenters. The first-order chi connectivity index (χ1) is 10.1. The van der Waals surface area contributed by atoms with E-state index >= 15 is 0 Å². The number of unbranched alkanes of at least 4 members (excludes halogenated alkanes) is 4. The van der Waals surface area contributed by atoms with Crippen LogP contribution in [0.3, 0.4) is 0 Å². The average Bonchev–Trinajstić information content (AvgIpc) is 2.69. The van der Waals surface area contributed by atoms with Gasteiger partial charge in [0.2, 0.25) is 0 Å². The maximum atomic E-state index is 3.90. The molecule has 21 heavy (non-hydrogen) atoms. The van der Waals surface area contributed by atoms with Gasteiger partial charge in [-0.15, -0.1) is 0 Å². The van der Waals surface area contributed by atoms with Crippen LogP contribution in [0.5, 0.6) is 0 Å².